The molecule has 150 valence electrons. The van der Waals surface area contributed by atoms with Crippen molar-refractivity contribution in [2.24, 2.45) is 0 Å². The molecule has 0 bridgehead atoms. The summed E-state index contributed by atoms with van der Waals surface area (Å²) in [6.45, 7) is 11.7. The van der Waals surface area contributed by atoms with Gasteiger partial charge in [-0.2, -0.15) is 0 Å². The summed E-state index contributed by atoms with van der Waals surface area (Å²) in [5, 5.41) is 5.89. The van der Waals surface area contributed by atoms with Gasteiger partial charge in [0, 0.05) is 13.0 Å². The molecule has 0 fully saturated rings. The van der Waals surface area contributed by atoms with Gasteiger partial charge in [-0.1, -0.05) is 12.1 Å². The van der Waals surface area contributed by atoms with E-state index in [1.807, 2.05) is 13.8 Å². The van der Waals surface area contributed by atoms with Crippen molar-refractivity contribution in [2.45, 2.75) is 70.3 Å². The molecule has 0 aliphatic heterocycles. The standard InChI is InChI=1S/C18H27N3O5S/c1-8-11(2)27(23,24)18(6,7)16(22)20-15-9-13(21-26-15)17(4,5)14-10-19-12(3)25-14/h9-11H,8H2,1-7H3,(H,20,22)/t11-/m1/s1. The van der Waals surface area contributed by atoms with E-state index in [1.54, 1.807) is 33.0 Å². The lowest BCUT2D eigenvalue weighted by molar-refractivity contribution is -0.118. The van der Waals surface area contributed by atoms with E-state index in [1.165, 1.54) is 13.8 Å². The maximum absolute atomic E-state index is 12.6. The first-order valence-electron chi connectivity index (χ1n) is 8.79. The Hall–Kier alpha value is -2.16. The summed E-state index contributed by atoms with van der Waals surface area (Å²) in [6.07, 6.45) is 2.04. The van der Waals surface area contributed by atoms with Crippen molar-refractivity contribution in [3.8, 4) is 0 Å². The van der Waals surface area contributed by atoms with Crippen LogP contribution in [0, 0.1) is 6.92 Å². The number of aryl methyl sites for hydroxylation is 1. The highest BCUT2D eigenvalue weighted by Gasteiger charge is 2.44. The van der Waals surface area contributed by atoms with Gasteiger partial charge in [-0.05, 0) is 41.0 Å². The van der Waals surface area contributed by atoms with Crippen molar-refractivity contribution in [2.75, 3.05) is 5.32 Å². The zero-order chi connectivity index (χ0) is 20.6. The molecule has 0 aliphatic carbocycles. The summed E-state index contributed by atoms with van der Waals surface area (Å²) in [6, 6.07) is 1.56. The van der Waals surface area contributed by atoms with E-state index in [-0.39, 0.29) is 5.88 Å². The van der Waals surface area contributed by atoms with Crippen molar-refractivity contribution in [1.82, 2.24) is 10.1 Å². The molecule has 1 atom stereocenters. The summed E-state index contributed by atoms with van der Waals surface area (Å²) in [5.74, 6) is 0.545. The minimum Gasteiger partial charge on any atom is -0.445 e. The summed E-state index contributed by atoms with van der Waals surface area (Å²) < 4.78 is 34.5. The fourth-order valence-electron chi connectivity index (χ4n) is 2.52. The number of amides is 1. The van der Waals surface area contributed by atoms with Crippen LogP contribution in [-0.2, 0) is 20.0 Å². The van der Waals surface area contributed by atoms with Gasteiger partial charge < -0.3 is 8.94 Å². The van der Waals surface area contributed by atoms with Gasteiger partial charge in [0.25, 0.3) is 0 Å². The molecule has 2 aromatic rings. The lowest BCUT2D eigenvalue weighted by atomic mass is 9.87. The molecule has 27 heavy (non-hydrogen) atoms. The zero-order valence-electron chi connectivity index (χ0n) is 16.8. The van der Waals surface area contributed by atoms with Gasteiger partial charge in [-0.25, -0.2) is 13.4 Å². The zero-order valence-corrected chi connectivity index (χ0v) is 17.6. The highest BCUT2D eigenvalue weighted by Crippen LogP contribution is 2.33. The second-order valence-corrected chi connectivity index (χ2v) is 10.6. The molecule has 0 aromatic carbocycles. The molecule has 1 N–H and O–H groups in total. The predicted octanol–water partition coefficient (Wildman–Crippen LogP) is 3.23. The number of anilines is 1. The maximum Gasteiger partial charge on any atom is 0.247 e. The largest absolute Gasteiger partial charge is 0.445 e. The number of hydrogen-bond acceptors (Lipinski definition) is 7. The number of hydrogen-bond donors (Lipinski definition) is 1. The van der Waals surface area contributed by atoms with Crippen molar-refractivity contribution in [3.63, 3.8) is 0 Å². The van der Waals surface area contributed by atoms with E-state index in [4.69, 9.17) is 8.94 Å². The summed E-state index contributed by atoms with van der Waals surface area (Å²) in [5.41, 5.74) is -0.108. The molecule has 2 aromatic heterocycles. The van der Waals surface area contributed by atoms with E-state index in [0.29, 0.717) is 23.8 Å². The lowest BCUT2D eigenvalue weighted by Gasteiger charge is -2.26. The van der Waals surface area contributed by atoms with Crippen LogP contribution in [0.4, 0.5) is 5.88 Å². The molecule has 2 heterocycles. The van der Waals surface area contributed by atoms with Gasteiger partial charge in [0.05, 0.1) is 22.6 Å². The fourth-order valence-corrected chi connectivity index (χ4v) is 4.27. The van der Waals surface area contributed by atoms with Gasteiger partial charge in [0.2, 0.25) is 11.8 Å². The maximum atomic E-state index is 12.6. The van der Waals surface area contributed by atoms with Gasteiger partial charge in [-0.15, -0.1) is 0 Å². The number of sulfone groups is 1. The van der Waals surface area contributed by atoms with Crippen LogP contribution in [0.3, 0.4) is 0 Å². The molecular weight excluding hydrogens is 370 g/mol. The fraction of sp³-hybridized carbons (Fsp3) is 0.611. The Morgan fingerprint density at radius 2 is 1.93 bits per heavy atom. The number of nitrogens with one attached hydrogen (secondary N) is 1. The van der Waals surface area contributed by atoms with Crippen molar-refractivity contribution in [3.05, 3.63) is 29.6 Å². The molecule has 0 saturated carbocycles. The SMILES string of the molecule is CC[C@@H](C)S(=O)(=O)C(C)(C)C(=O)Nc1cc(C(C)(C)c2cnc(C)o2)no1. The molecular formula is C18H27N3O5S. The van der Waals surface area contributed by atoms with Crippen LogP contribution in [-0.4, -0.2) is 34.5 Å². The number of rotatable bonds is 7. The average Bonchev–Trinajstić information content (AvgIpc) is 3.23. The van der Waals surface area contributed by atoms with Crippen LogP contribution in [0.25, 0.3) is 0 Å². The van der Waals surface area contributed by atoms with Crippen LogP contribution in [0.2, 0.25) is 0 Å². The Morgan fingerprint density at radius 1 is 1.30 bits per heavy atom. The topological polar surface area (TPSA) is 115 Å². The Balaban J connectivity index is 2.24. The predicted molar refractivity (Wildman–Crippen MR) is 101 cm³/mol. The Labute approximate surface area is 159 Å². The van der Waals surface area contributed by atoms with Gasteiger partial charge >= 0.3 is 0 Å². The molecule has 2 rings (SSSR count). The van der Waals surface area contributed by atoms with E-state index in [9.17, 15) is 13.2 Å². The Morgan fingerprint density at radius 3 is 2.44 bits per heavy atom. The van der Waals surface area contributed by atoms with Crippen LogP contribution in [0.15, 0.2) is 21.2 Å². The minimum absolute atomic E-state index is 0.0757. The van der Waals surface area contributed by atoms with Crippen LogP contribution >= 0.6 is 0 Å². The van der Waals surface area contributed by atoms with Crippen molar-refractivity contribution in [1.29, 1.82) is 0 Å². The molecule has 0 spiro atoms. The smallest absolute Gasteiger partial charge is 0.247 e. The first-order chi connectivity index (χ1) is 12.3. The van der Waals surface area contributed by atoms with Crippen molar-refractivity contribution < 1.29 is 22.2 Å². The first kappa shape index (κ1) is 21.1. The van der Waals surface area contributed by atoms with Crippen molar-refractivity contribution >= 4 is 21.6 Å². The molecule has 1 amide bonds. The summed E-state index contributed by atoms with van der Waals surface area (Å²) in [7, 11) is -3.67. The van der Waals surface area contributed by atoms with Gasteiger partial charge in [0.15, 0.2) is 15.7 Å². The molecule has 8 nitrogen and oxygen atoms in total. The van der Waals surface area contributed by atoms with Gasteiger partial charge in [-0.3, -0.25) is 10.1 Å². The van der Waals surface area contributed by atoms with E-state index in [0.717, 1.165) is 0 Å². The third-order valence-electron chi connectivity index (χ3n) is 4.99. The van der Waals surface area contributed by atoms with E-state index in [2.05, 4.69) is 15.5 Å². The number of carbonyl (C=O) groups excluding carboxylic acids is 1. The number of carbonyl (C=O) groups is 1. The molecule has 0 radical (unpaired) electrons. The van der Waals surface area contributed by atoms with Crippen LogP contribution < -0.4 is 5.32 Å². The summed E-state index contributed by atoms with van der Waals surface area (Å²) in [4.78, 5) is 16.7. The monoisotopic (exact) mass is 397 g/mol. The van der Waals surface area contributed by atoms with E-state index >= 15 is 0 Å². The third kappa shape index (κ3) is 3.78. The number of aromatic nitrogens is 2. The quantitative estimate of drug-likeness (QED) is 0.762. The Kier molecular flexibility index (Phi) is 5.56. The molecule has 9 heteroatoms. The average molecular weight is 397 g/mol. The number of nitrogens with zero attached hydrogens (tertiary/aromatic N) is 2. The highest BCUT2D eigenvalue weighted by atomic mass is 32.2. The second-order valence-electron chi connectivity index (χ2n) is 7.67. The minimum atomic E-state index is -3.67. The normalized spacial score (nSPS) is 14.2. The number of oxazole rings is 1. The molecule has 0 unspecified atom stereocenters. The highest BCUT2D eigenvalue weighted by molar-refractivity contribution is 7.94. The molecule has 0 aliphatic rings. The van der Waals surface area contributed by atoms with Gasteiger partial charge in [0.1, 0.15) is 10.5 Å². The Bertz CT molecular complexity index is 924. The molecule has 0 saturated heterocycles. The lowest BCUT2D eigenvalue weighted by Crippen LogP contribution is -2.48. The second kappa shape index (κ2) is 7.10. The van der Waals surface area contributed by atoms with E-state index < -0.39 is 31.2 Å². The first-order valence-corrected chi connectivity index (χ1v) is 10.3. The third-order valence-corrected chi connectivity index (χ3v) is 7.99. The summed E-state index contributed by atoms with van der Waals surface area (Å²) >= 11 is 0. The van der Waals surface area contributed by atoms with Crippen LogP contribution in [0.5, 0.6) is 0 Å². The van der Waals surface area contributed by atoms with Crippen LogP contribution in [0.1, 0.15) is 65.3 Å².